The summed E-state index contributed by atoms with van der Waals surface area (Å²) in [4.78, 5) is 29.3. The average Bonchev–Trinajstić information content (AvgIpc) is 3.46. The van der Waals surface area contributed by atoms with E-state index in [1.165, 1.54) is 12.8 Å². The number of carbonyl (C=O) groups is 2. The van der Waals surface area contributed by atoms with E-state index in [4.69, 9.17) is 4.74 Å². The maximum atomic E-state index is 12.7. The largest absolute Gasteiger partial charge is 0.493 e. The standard InChI is InChI=1S/C23H32N2O3/c26-22(19-8-1-2-9-19)25-14-6-7-18(16-25)17-28-21-11-5-10-20(15-21)23(27)24-12-3-4-13-24/h5,10-11,15,18-19H,1-4,6-9,12-14,16-17H2/t18-/m0/s1. The van der Waals surface area contributed by atoms with Gasteiger partial charge in [0.1, 0.15) is 5.75 Å². The van der Waals surface area contributed by atoms with Gasteiger partial charge >= 0.3 is 0 Å². The van der Waals surface area contributed by atoms with E-state index in [0.29, 0.717) is 24.0 Å². The van der Waals surface area contributed by atoms with Crippen LogP contribution in [0.25, 0.3) is 0 Å². The highest BCUT2D eigenvalue weighted by Crippen LogP contribution is 2.29. The first-order chi connectivity index (χ1) is 13.7. The monoisotopic (exact) mass is 384 g/mol. The van der Waals surface area contributed by atoms with Crippen LogP contribution in [0.5, 0.6) is 5.75 Å². The van der Waals surface area contributed by atoms with Gasteiger partial charge in [0.15, 0.2) is 0 Å². The molecule has 28 heavy (non-hydrogen) atoms. The van der Waals surface area contributed by atoms with E-state index in [2.05, 4.69) is 4.90 Å². The minimum atomic E-state index is 0.106. The van der Waals surface area contributed by atoms with Gasteiger partial charge in [0.2, 0.25) is 5.91 Å². The average molecular weight is 385 g/mol. The highest BCUT2D eigenvalue weighted by atomic mass is 16.5. The van der Waals surface area contributed by atoms with Gasteiger partial charge in [0.25, 0.3) is 5.91 Å². The number of benzene rings is 1. The van der Waals surface area contributed by atoms with E-state index >= 15 is 0 Å². The third-order valence-corrected chi connectivity index (χ3v) is 6.50. The molecule has 0 N–H and O–H groups in total. The first-order valence-electron chi connectivity index (χ1n) is 11.0. The number of likely N-dealkylation sites (tertiary alicyclic amines) is 2. The number of hydrogen-bond acceptors (Lipinski definition) is 3. The van der Waals surface area contributed by atoms with Crippen molar-refractivity contribution in [1.82, 2.24) is 9.80 Å². The molecule has 5 heteroatoms. The summed E-state index contributed by atoms with van der Waals surface area (Å²) in [6, 6.07) is 7.56. The lowest BCUT2D eigenvalue weighted by Gasteiger charge is -2.34. The zero-order chi connectivity index (χ0) is 19.3. The molecule has 1 aliphatic carbocycles. The van der Waals surface area contributed by atoms with E-state index in [-0.39, 0.29) is 11.8 Å². The first kappa shape index (κ1) is 19.3. The smallest absolute Gasteiger partial charge is 0.253 e. The molecule has 0 radical (unpaired) electrons. The fourth-order valence-corrected chi connectivity index (χ4v) is 4.87. The molecule has 152 valence electrons. The summed E-state index contributed by atoms with van der Waals surface area (Å²) in [5.74, 6) is 1.85. The summed E-state index contributed by atoms with van der Waals surface area (Å²) >= 11 is 0. The second-order valence-electron chi connectivity index (χ2n) is 8.61. The molecule has 2 saturated heterocycles. The molecule has 1 aromatic rings. The van der Waals surface area contributed by atoms with Crippen molar-refractivity contribution in [3.63, 3.8) is 0 Å². The number of ether oxygens (including phenoxy) is 1. The first-order valence-corrected chi connectivity index (χ1v) is 11.0. The van der Waals surface area contributed by atoms with Gasteiger partial charge in [-0.2, -0.15) is 0 Å². The van der Waals surface area contributed by atoms with Crippen LogP contribution in [-0.2, 0) is 4.79 Å². The third-order valence-electron chi connectivity index (χ3n) is 6.50. The number of carbonyl (C=O) groups excluding carboxylic acids is 2. The molecule has 1 saturated carbocycles. The van der Waals surface area contributed by atoms with Crippen LogP contribution in [0.3, 0.4) is 0 Å². The molecule has 3 fully saturated rings. The maximum Gasteiger partial charge on any atom is 0.253 e. The summed E-state index contributed by atoms with van der Waals surface area (Å²) in [6.07, 6.45) is 8.87. The van der Waals surface area contributed by atoms with E-state index in [1.807, 2.05) is 29.2 Å². The van der Waals surface area contributed by atoms with Crippen LogP contribution in [0, 0.1) is 11.8 Å². The van der Waals surface area contributed by atoms with Crippen molar-refractivity contribution in [2.75, 3.05) is 32.8 Å². The lowest BCUT2D eigenvalue weighted by molar-refractivity contribution is -0.137. The molecule has 0 spiro atoms. The number of hydrogen-bond donors (Lipinski definition) is 0. The molecule has 2 aliphatic heterocycles. The second-order valence-corrected chi connectivity index (χ2v) is 8.61. The van der Waals surface area contributed by atoms with Crippen molar-refractivity contribution < 1.29 is 14.3 Å². The van der Waals surface area contributed by atoms with Gasteiger partial charge in [0.05, 0.1) is 6.61 Å². The Morgan fingerprint density at radius 2 is 1.68 bits per heavy atom. The Morgan fingerprint density at radius 3 is 2.46 bits per heavy atom. The molecule has 1 atom stereocenters. The van der Waals surface area contributed by atoms with Crippen LogP contribution >= 0.6 is 0 Å². The van der Waals surface area contributed by atoms with Crippen LogP contribution in [0.1, 0.15) is 61.7 Å². The van der Waals surface area contributed by atoms with Crippen molar-refractivity contribution in [2.45, 2.75) is 51.4 Å². The summed E-state index contributed by atoms with van der Waals surface area (Å²) in [5, 5.41) is 0. The number of rotatable bonds is 5. The highest BCUT2D eigenvalue weighted by Gasteiger charge is 2.30. The Hall–Kier alpha value is -2.04. The van der Waals surface area contributed by atoms with E-state index in [1.54, 1.807) is 0 Å². The topological polar surface area (TPSA) is 49.9 Å². The second kappa shape index (κ2) is 8.97. The summed E-state index contributed by atoms with van der Waals surface area (Å²) in [7, 11) is 0. The quantitative estimate of drug-likeness (QED) is 0.777. The Bertz CT molecular complexity index is 693. The van der Waals surface area contributed by atoms with Gasteiger partial charge in [-0.05, 0) is 56.7 Å². The summed E-state index contributed by atoms with van der Waals surface area (Å²) in [5.41, 5.74) is 0.709. The predicted octanol–water partition coefficient (Wildman–Crippen LogP) is 3.73. The Kier molecular flexibility index (Phi) is 6.18. The number of piperidine rings is 1. The van der Waals surface area contributed by atoms with Crippen molar-refractivity contribution >= 4 is 11.8 Å². The molecule has 5 nitrogen and oxygen atoms in total. The van der Waals surface area contributed by atoms with Gasteiger partial charge in [-0.15, -0.1) is 0 Å². The normalized spacial score (nSPS) is 23.2. The van der Waals surface area contributed by atoms with Crippen molar-refractivity contribution in [3.8, 4) is 5.75 Å². The van der Waals surface area contributed by atoms with Gasteiger partial charge < -0.3 is 14.5 Å². The number of nitrogens with zero attached hydrogens (tertiary/aromatic N) is 2. The summed E-state index contributed by atoms with van der Waals surface area (Å²) in [6.45, 7) is 4.02. The number of amides is 2. The molecule has 2 amide bonds. The third kappa shape index (κ3) is 4.50. The molecule has 1 aromatic carbocycles. The Morgan fingerprint density at radius 1 is 0.929 bits per heavy atom. The maximum absolute atomic E-state index is 12.7. The van der Waals surface area contributed by atoms with Crippen molar-refractivity contribution in [3.05, 3.63) is 29.8 Å². The Balaban J connectivity index is 1.30. The molecule has 0 bridgehead atoms. The zero-order valence-electron chi connectivity index (χ0n) is 16.8. The zero-order valence-corrected chi connectivity index (χ0v) is 16.8. The summed E-state index contributed by atoms with van der Waals surface area (Å²) < 4.78 is 6.04. The fourth-order valence-electron chi connectivity index (χ4n) is 4.87. The van der Waals surface area contributed by atoms with Crippen LogP contribution in [0.2, 0.25) is 0 Å². The lowest BCUT2D eigenvalue weighted by atomic mass is 9.96. The molecule has 0 unspecified atom stereocenters. The minimum Gasteiger partial charge on any atom is -0.493 e. The SMILES string of the molecule is O=C(c1cccc(OC[C@H]2CCCN(C(=O)C3CCCC3)C2)c1)N1CCCC1. The predicted molar refractivity (Wildman–Crippen MR) is 108 cm³/mol. The molecular weight excluding hydrogens is 352 g/mol. The molecule has 2 heterocycles. The van der Waals surface area contributed by atoms with Crippen LogP contribution < -0.4 is 4.74 Å². The van der Waals surface area contributed by atoms with Gasteiger partial charge in [0, 0.05) is 43.6 Å². The Labute approximate surface area is 168 Å². The van der Waals surface area contributed by atoms with Crippen molar-refractivity contribution in [2.24, 2.45) is 11.8 Å². The van der Waals surface area contributed by atoms with Crippen LogP contribution in [0.15, 0.2) is 24.3 Å². The van der Waals surface area contributed by atoms with Gasteiger partial charge in [-0.1, -0.05) is 18.9 Å². The van der Waals surface area contributed by atoms with E-state index < -0.39 is 0 Å². The lowest BCUT2D eigenvalue weighted by Crippen LogP contribution is -2.43. The van der Waals surface area contributed by atoms with Crippen LogP contribution in [0.4, 0.5) is 0 Å². The van der Waals surface area contributed by atoms with Gasteiger partial charge in [-0.25, -0.2) is 0 Å². The molecule has 0 aromatic heterocycles. The van der Waals surface area contributed by atoms with Crippen LogP contribution in [-0.4, -0.2) is 54.4 Å². The highest BCUT2D eigenvalue weighted by molar-refractivity contribution is 5.94. The minimum absolute atomic E-state index is 0.106. The van der Waals surface area contributed by atoms with E-state index in [0.717, 1.165) is 70.5 Å². The molecule has 3 aliphatic rings. The van der Waals surface area contributed by atoms with Crippen molar-refractivity contribution in [1.29, 1.82) is 0 Å². The van der Waals surface area contributed by atoms with E-state index in [9.17, 15) is 9.59 Å². The molecule has 4 rings (SSSR count). The molecular formula is C23H32N2O3. The fraction of sp³-hybridized carbons (Fsp3) is 0.652. The van der Waals surface area contributed by atoms with Gasteiger partial charge in [-0.3, -0.25) is 9.59 Å².